The SMILES string of the molecule is O=c1cc(-c2ccc(COCc3ccc(Oc4ccccc4)cc3)cc2)s[nH]1. The number of ether oxygens (including phenoxy) is 2. The molecule has 0 amide bonds. The number of rotatable bonds is 7. The van der Waals surface area contributed by atoms with E-state index < -0.39 is 0 Å². The first kappa shape index (κ1) is 18.2. The van der Waals surface area contributed by atoms with Crippen LogP contribution in [0.3, 0.4) is 0 Å². The van der Waals surface area contributed by atoms with Crippen molar-refractivity contribution in [3.63, 3.8) is 0 Å². The predicted octanol–water partition coefficient (Wildman–Crippen LogP) is 5.61. The molecule has 1 aromatic heterocycles. The highest BCUT2D eigenvalue weighted by molar-refractivity contribution is 7.09. The van der Waals surface area contributed by atoms with E-state index in [1.165, 1.54) is 11.5 Å². The van der Waals surface area contributed by atoms with Crippen molar-refractivity contribution in [2.75, 3.05) is 0 Å². The molecule has 1 heterocycles. The van der Waals surface area contributed by atoms with Crippen molar-refractivity contribution in [3.8, 4) is 21.9 Å². The summed E-state index contributed by atoms with van der Waals surface area (Å²) in [5.41, 5.74) is 3.15. The monoisotopic (exact) mass is 389 g/mol. The Balaban J connectivity index is 1.28. The quantitative estimate of drug-likeness (QED) is 0.447. The molecule has 4 rings (SSSR count). The lowest BCUT2D eigenvalue weighted by Crippen LogP contribution is -1.94. The first-order valence-corrected chi connectivity index (χ1v) is 9.75. The van der Waals surface area contributed by atoms with Crippen LogP contribution >= 0.6 is 11.5 Å². The van der Waals surface area contributed by atoms with Crippen molar-refractivity contribution >= 4 is 11.5 Å². The van der Waals surface area contributed by atoms with Gasteiger partial charge in [-0.25, -0.2) is 0 Å². The molecular weight excluding hydrogens is 370 g/mol. The van der Waals surface area contributed by atoms with Crippen molar-refractivity contribution in [1.29, 1.82) is 0 Å². The molecule has 0 fully saturated rings. The molecule has 0 spiro atoms. The lowest BCUT2D eigenvalue weighted by atomic mass is 10.1. The maximum absolute atomic E-state index is 11.2. The highest BCUT2D eigenvalue weighted by Gasteiger charge is 2.02. The molecule has 140 valence electrons. The van der Waals surface area contributed by atoms with Crippen LogP contribution in [0.1, 0.15) is 11.1 Å². The van der Waals surface area contributed by atoms with Crippen LogP contribution in [-0.2, 0) is 18.0 Å². The van der Waals surface area contributed by atoms with Crippen LogP contribution in [0.15, 0.2) is 89.7 Å². The van der Waals surface area contributed by atoms with Crippen molar-refractivity contribution in [1.82, 2.24) is 4.37 Å². The molecule has 4 nitrogen and oxygen atoms in total. The van der Waals surface area contributed by atoms with Gasteiger partial charge in [0.15, 0.2) is 0 Å². The van der Waals surface area contributed by atoms with E-state index in [9.17, 15) is 4.79 Å². The van der Waals surface area contributed by atoms with Gasteiger partial charge in [0, 0.05) is 6.07 Å². The van der Waals surface area contributed by atoms with Gasteiger partial charge in [0.05, 0.1) is 18.1 Å². The Hall–Kier alpha value is -3.15. The summed E-state index contributed by atoms with van der Waals surface area (Å²) in [6, 6.07) is 27.3. The van der Waals surface area contributed by atoms with Crippen LogP contribution in [0.5, 0.6) is 11.5 Å². The van der Waals surface area contributed by atoms with Crippen LogP contribution < -0.4 is 10.3 Å². The second-order valence-electron chi connectivity index (χ2n) is 6.33. The average Bonchev–Trinajstić information content (AvgIpc) is 3.17. The first-order chi connectivity index (χ1) is 13.8. The number of nitrogens with one attached hydrogen (secondary N) is 1. The Morgan fingerprint density at radius 1 is 0.750 bits per heavy atom. The fourth-order valence-corrected chi connectivity index (χ4v) is 3.45. The number of hydrogen-bond acceptors (Lipinski definition) is 4. The Kier molecular flexibility index (Phi) is 5.66. The van der Waals surface area contributed by atoms with Crippen molar-refractivity contribution in [2.24, 2.45) is 0 Å². The standard InChI is InChI=1S/C23H19NO3S/c25-23-14-22(28-24-23)19-10-6-17(7-11-19)15-26-16-18-8-12-21(13-9-18)27-20-4-2-1-3-5-20/h1-14H,15-16H2,(H,24,25). The van der Waals surface area contributed by atoms with Gasteiger partial charge in [-0.05, 0) is 41.0 Å². The Bertz CT molecular complexity index is 1070. The van der Waals surface area contributed by atoms with E-state index in [1.54, 1.807) is 6.07 Å². The van der Waals surface area contributed by atoms with E-state index in [0.717, 1.165) is 33.1 Å². The zero-order valence-corrected chi connectivity index (χ0v) is 15.9. The molecular formula is C23H19NO3S. The van der Waals surface area contributed by atoms with Gasteiger partial charge in [0.1, 0.15) is 11.5 Å². The fraction of sp³-hybridized carbons (Fsp3) is 0.0870. The number of hydrogen-bond donors (Lipinski definition) is 1. The van der Waals surface area contributed by atoms with E-state index in [4.69, 9.17) is 9.47 Å². The molecule has 0 unspecified atom stereocenters. The van der Waals surface area contributed by atoms with Crippen molar-refractivity contribution in [2.45, 2.75) is 13.2 Å². The lowest BCUT2D eigenvalue weighted by Gasteiger charge is -2.08. The van der Waals surface area contributed by atoms with Crippen LogP contribution in [-0.4, -0.2) is 4.37 Å². The molecule has 0 radical (unpaired) electrons. The molecule has 0 aliphatic rings. The van der Waals surface area contributed by atoms with E-state index in [1.807, 2.05) is 78.9 Å². The Morgan fingerprint density at radius 3 is 1.96 bits per heavy atom. The fourth-order valence-electron chi connectivity index (χ4n) is 2.76. The summed E-state index contributed by atoms with van der Waals surface area (Å²) in [5.74, 6) is 1.62. The summed E-state index contributed by atoms with van der Waals surface area (Å²) in [6.07, 6.45) is 0. The summed E-state index contributed by atoms with van der Waals surface area (Å²) >= 11 is 1.35. The van der Waals surface area contributed by atoms with Crippen LogP contribution in [0.2, 0.25) is 0 Å². The Labute approximate surface area is 167 Å². The maximum Gasteiger partial charge on any atom is 0.258 e. The zero-order chi connectivity index (χ0) is 19.2. The smallest absolute Gasteiger partial charge is 0.258 e. The number of aromatic amines is 1. The van der Waals surface area contributed by atoms with Gasteiger partial charge in [-0.2, -0.15) is 0 Å². The van der Waals surface area contributed by atoms with Crippen molar-refractivity contribution in [3.05, 3.63) is 106 Å². The number of para-hydroxylation sites is 1. The molecule has 3 aromatic carbocycles. The minimum absolute atomic E-state index is 0.0624. The van der Waals surface area contributed by atoms with Crippen molar-refractivity contribution < 1.29 is 9.47 Å². The predicted molar refractivity (Wildman–Crippen MR) is 112 cm³/mol. The molecule has 0 bridgehead atoms. The van der Waals surface area contributed by atoms with Crippen LogP contribution in [0, 0.1) is 0 Å². The summed E-state index contributed by atoms with van der Waals surface area (Å²) in [5, 5.41) is 0. The summed E-state index contributed by atoms with van der Waals surface area (Å²) in [6.45, 7) is 1.07. The molecule has 0 atom stereocenters. The third kappa shape index (κ3) is 4.76. The average molecular weight is 389 g/mol. The van der Waals surface area contributed by atoms with Gasteiger partial charge in [0.2, 0.25) is 0 Å². The molecule has 5 heteroatoms. The number of aromatic nitrogens is 1. The molecule has 28 heavy (non-hydrogen) atoms. The van der Waals surface area contributed by atoms with Gasteiger partial charge < -0.3 is 9.47 Å². The highest BCUT2D eigenvalue weighted by atomic mass is 32.1. The number of H-pyrrole nitrogens is 1. The van der Waals surface area contributed by atoms with E-state index in [2.05, 4.69) is 4.37 Å². The molecule has 4 aromatic rings. The van der Waals surface area contributed by atoms with Gasteiger partial charge in [-0.3, -0.25) is 9.17 Å². The lowest BCUT2D eigenvalue weighted by molar-refractivity contribution is 0.107. The third-order valence-corrected chi connectivity index (χ3v) is 5.08. The normalized spacial score (nSPS) is 10.7. The summed E-state index contributed by atoms with van der Waals surface area (Å²) < 4.78 is 14.3. The number of benzene rings is 3. The van der Waals surface area contributed by atoms with Crippen LogP contribution in [0.25, 0.3) is 10.4 Å². The Morgan fingerprint density at radius 2 is 1.36 bits per heavy atom. The summed E-state index contributed by atoms with van der Waals surface area (Å²) in [7, 11) is 0. The van der Waals surface area contributed by atoms with E-state index in [0.29, 0.717) is 13.2 Å². The second kappa shape index (κ2) is 8.69. The van der Waals surface area contributed by atoms with Gasteiger partial charge in [-0.15, -0.1) is 0 Å². The topological polar surface area (TPSA) is 51.3 Å². The van der Waals surface area contributed by atoms with Gasteiger partial charge in [0.25, 0.3) is 5.56 Å². The van der Waals surface area contributed by atoms with E-state index >= 15 is 0 Å². The van der Waals surface area contributed by atoms with Gasteiger partial charge >= 0.3 is 0 Å². The molecule has 0 aliphatic heterocycles. The first-order valence-electron chi connectivity index (χ1n) is 8.94. The molecule has 1 N–H and O–H groups in total. The zero-order valence-electron chi connectivity index (χ0n) is 15.1. The molecule has 0 saturated heterocycles. The minimum atomic E-state index is -0.0624. The van der Waals surface area contributed by atoms with Gasteiger partial charge in [-0.1, -0.05) is 66.1 Å². The minimum Gasteiger partial charge on any atom is -0.457 e. The van der Waals surface area contributed by atoms with E-state index in [-0.39, 0.29) is 5.56 Å². The highest BCUT2D eigenvalue weighted by Crippen LogP contribution is 2.23. The van der Waals surface area contributed by atoms with Crippen LogP contribution in [0.4, 0.5) is 0 Å². The molecule has 0 aliphatic carbocycles. The molecule has 0 saturated carbocycles. The second-order valence-corrected chi connectivity index (χ2v) is 7.17. The summed E-state index contributed by atoms with van der Waals surface area (Å²) in [4.78, 5) is 12.2. The maximum atomic E-state index is 11.2. The third-order valence-electron chi connectivity index (χ3n) is 4.20. The largest absolute Gasteiger partial charge is 0.457 e.